The first-order valence-corrected chi connectivity index (χ1v) is 5.82. The highest BCUT2D eigenvalue weighted by Gasteiger charge is 2.42. The van der Waals surface area contributed by atoms with Crippen molar-refractivity contribution in [1.29, 1.82) is 0 Å². The molecule has 2 rings (SSSR count). The number of benzene rings is 1. The smallest absolute Gasteiger partial charge is 0.314 e. The van der Waals surface area contributed by atoms with Gasteiger partial charge >= 0.3 is 5.97 Å². The fourth-order valence-electron chi connectivity index (χ4n) is 2.68. The van der Waals surface area contributed by atoms with E-state index in [4.69, 9.17) is 0 Å². The molecule has 4 nitrogen and oxygen atoms in total. The summed E-state index contributed by atoms with van der Waals surface area (Å²) in [5, 5.41) is 28.5. The maximum absolute atomic E-state index is 11.5. The second-order valence-corrected chi connectivity index (χ2v) is 4.65. The summed E-state index contributed by atoms with van der Waals surface area (Å²) in [4.78, 5) is 11.5. The minimum atomic E-state index is -0.990. The van der Waals surface area contributed by atoms with Crippen LogP contribution in [0.4, 0.5) is 0 Å². The molecular weight excluding hydrogens is 220 g/mol. The molecule has 92 valence electrons. The summed E-state index contributed by atoms with van der Waals surface area (Å²) in [7, 11) is 0. The predicted octanol–water partition coefficient (Wildman–Crippen LogP) is 2.38. The molecule has 0 amide bonds. The van der Waals surface area contributed by atoms with Crippen molar-refractivity contribution in [1.82, 2.24) is 0 Å². The number of phenols is 2. The first-order chi connectivity index (χ1) is 8.06. The second-order valence-electron chi connectivity index (χ2n) is 4.65. The topological polar surface area (TPSA) is 77.8 Å². The number of rotatable bonds is 2. The van der Waals surface area contributed by atoms with Crippen LogP contribution in [0.5, 0.6) is 11.5 Å². The molecule has 1 aromatic carbocycles. The van der Waals surface area contributed by atoms with Gasteiger partial charge in [0.25, 0.3) is 0 Å². The molecule has 0 aromatic heterocycles. The summed E-state index contributed by atoms with van der Waals surface area (Å²) in [5.74, 6) is -1.07. The van der Waals surface area contributed by atoms with E-state index in [1.54, 1.807) is 0 Å². The Kier molecular flexibility index (Phi) is 2.96. The molecule has 0 aliphatic heterocycles. The summed E-state index contributed by atoms with van der Waals surface area (Å²) in [6.07, 6.45) is 3.83. The third-order valence-corrected chi connectivity index (χ3v) is 3.61. The highest BCUT2D eigenvalue weighted by molar-refractivity contribution is 5.82. The third kappa shape index (κ3) is 1.95. The van der Waals surface area contributed by atoms with Gasteiger partial charge in [-0.1, -0.05) is 25.3 Å². The van der Waals surface area contributed by atoms with Crippen LogP contribution in [-0.2, 0) is 10.2 Å². The van der Waals surface area contributed by atoms with Crippen molar-refractivity contribution in [2.24, 2.45) is 0 Å². The summed E-state index contributed by atoms with van der Waals surface area (Å²) >= 11 is 0. The minimum Gasteiger partial charge on any atom is -0.508 e. The molecule has 3 N–H and O–H groups in total. The Bertz CT molecular complexity index is 433. The number of aliphatic carboxylic acids is 1. The van der Waals surface area contributed by atoms with Crippen molar-refractivity contribution in [3.8, 4) is 11.5 Å². The number of carboxylic acid groups (broad SMARTS) is 1. The SMILES string of the molecule is O=C(O)C1(c2ccc(O)cc2O)CCCCC1. The molecule has 0 unspecified atom stereocenters. The molecule has 0 saturated heterocycles. The molecule has 17 heavy (non-hydrogen) atoms. The molecular formula is C13H16O4. The van der Waals surface area contributed by atoms with Gasteiger partial charge < -0.3 is 15.3 Å². The van der Waals surface area contributed by atoms with E-state index in [-0.39, 0.29) is 11.5 Å². The Morgan fingerprint density at radius 1 is 1.12 bits per heavy atom. The Balaban J connectivity index is 2.49. The van der Waals surface area contributed by atoms with Crippen LogP contribution in [0.1, 0.15) is 37.7 Å². The van der Waals surface area contributed by atoms with Crippen molar-refractivity contribution >= 4 is 5.97 Å². The normalized spacial score (nSPS) is 18.8. The average Bonchev–Trinajstić information content (AvgIpc) is 2.29. The lowest BCUT2D eigenvalue weighted by Gasteiger charge is -2.34. The van der Waals surface area contributed by atoms with Gasteiger partial charge in [0, 0.05) is 11.6 Å². The lowest BCUT2D eigenvalue weighted by molar-refractivity contribution is -0.145. The van der Waals surface area contributed by atoms with Crippen LogP contribution in [0.15, 0.2) is 18.2 Å². The van der Waals surface area contributed by atoms with Gasteiger partial charge in [0.15, 0.2) is 0 Å². The van der Waals surface area contributed by atoms with Crippen LogP contribution >= 0.6 is 0 Å². The van der Waals surface area contributed by atoms with Gasteiger partial charge in [-0.3, -0.25) is 4.79 Å². The molecule has 0 atom stereocenters. The van der Waals surface area contributed by atoms with E-state index in [1.807, 2.05) is 0 Å². The summed E-state index contributed by atoms with van der Waals surface area (Å²) in [6.45, 7) is 0. The number of hydrogen-bond donors (Lipinski definition) is 3. The van der Waals surface area contributed by atoms with Gasteiger partial charge in [-0.15, -0.1) is 0 Å². The van der Waals surface area contributed by atoms with Gasteiger partial charge in [-0.2, -0.15) is 0 Å². The largest absolute Gasteiger partial charge is 0.508 e. The fraction of sp³-hybridized carbons (Fsp3) is 0.462. The number of hydrogen-bond acceptors (Lipinski definition) is 3. The van der Waals surface area contributed by atoms with Gasteiger partial charge in [-0.05, 0) is 18.9 Å². The number of phenolic OH excluding ortho intramolecular Hbond substituents is 2. The van der Waals surface area contributed by atoms with Gasteiger partial charge in [0.05, 0.1) is 5.41 Å². The van der Waals surface area contributed by atoms with Gasteiger partial charge in [0.1, 0.15) is 11.5 Å². The van der Waals surface area contributed by atoms with Gasteiger partial charge in [0.2, 0.25) is 0 Å². The average molecular weight is 236 g/mol. The van der Waals surface area contributed by atoms with Crippen LogP contribution in [0.25, 0.3) is 0 Å². The molecule has 4 heteroatoms. The number of carboxylic acids is 1. The predicted molar refractivity (Wildman–Crippen MR) is 62.2 cm³/mol. The Morgan fingerprint density at radius 2 is 1.76 bits per heavy atom. The summed E-state index contributed by atoms with van der Waals surface area (Å²) in [6, 6.07) is 4.15. The Hall–Kier alpha value is -1.71. The fourth-order valence-corrected chi connectivity index (χ4v) is 2.68. The Morgan fingerprint density at radius 3 is 2.29 bits per heavy atom. The summed E-state index contributed by atoms with van der Waals surface area (Å²) in [5.41, 5.74) is -0.571. The molecule has 0 spiro atoms. The molecule has 0 heterocycles. The zero-order valence-electron chi connectivity index (χ0n) is 9.52. The molecule has 0 radical (unpaired) electrons. The summed E-state index contributed by atoms with van der Waals surface area (Å²) < 4.78 is 0. The maximum atomic E-state index is 11.5. The quantitative estimate of drug-likeness (QED) is 0.736. The van der Waals surface area contributed by atoms with Crippen molar-refractivity contribution in [3.63, 3.8) is 0 Å². The van der Waals surface area contributed by atoms with Gasteiger partial charge in [-0.25, -0.2) is 0 Å². The molecule has 1 saturated carbocycles. The van der Waals surface area contributed by atoms with E-state index in [2.05, 4.69) is 0 Å². The Labute approximate surface area is 99.5 Å². The number of aromatic hydroxyl groups is 2. The van der Waals surface area contributed by atoms with E-state index < -0.39 is 11.4 Å². The number of carbonyl (C=O) groups is 1. The van der Waals surface area contributed by atoms with E-state index in [1.165, 1.54) is 18.2 Å². The van der Waals surface area contributed by atoms with E-state index in [9.17, 15) is 20.1 Å². The zero-order valence-corrected chi connectivity index (χ0v) is 9.52. The van der Waals surface area contributed by atoms with Crippen LogP contribution in [0.3, 0.4) is 0 Å². The highest BCUT2D eigenvalue weighted by atomic mass is 16.4. The first kappa shape index (κ1) is 11.8. The highest BCUT2D eigenvalue weighted by Crippen LogP contribution is 2.44. The third-order valence-electron chi connectivity index (χ3n) is 3.61. The molecule has 1 aliphatic rings. The molecule has 1 fully saturated rings. The van der Waals surface area contributed by atoms with Crippen LogP contribution in [0.2, 0.25) is 0 Å². The maximum Gasteiger partial charge on any atom is 0.314 e. The lowest BCUT2D eigenvalue weighted by Crippen LogP contribution is -2.37. The minimum absolute atomic E-state index is 0.0531. The van der Waals surface area contributed by atoms with Crippen molar-refractivity contribution in [2.75, 3.05) is 0 Å². The molecule has 1 aliphatic carbocycles. The van der Waals surface area contributed by atoms with Crippen LogP contribution < -0.4 is 0 Å². The monoisotopic (exact) mass is 236 g/mol. The van der Waals surface area contributed by atoms with Crippen LogP contribution in [0, 0.1) is 0 Å². The molecule has 1 aromatic rings. The lowest BCUT2D eigenvalue weighted by atomic mass is 9.69. The standard InChI is InChI=1S/C13H16O4/c14-9-4-5-10(11(15)8-9)13(12(16)17)6-2-1-3-7-13/h4-5,8,14-15H,1-3,6-7H2,(H,16,17). The van der Waals surface area contributed by atoms with E-state index in [0.717, 1.165) is 19.3 Å². The van der Waals surface area contributed by atoms with Crippen molar-refractivity contribution in [2.45, 2.75) is 37.5 Å². The van der Waals surface area contributed by atoms with E-state index >= 15 is 0 Å². The van der Waals surface area contributed by atoms with Crippen LogP contribution in [-0.4, -0.2) is 21.3 Å². The first-order valence-electron chi connectivity index (χ1n) is 5.82. The molecule has 0 bridgehead atoms. The van der Waals surface area contributed by atoms with E-state index in [0.29, 0.717) is 18.4 Å². The second kappa shape index (κ2) is 4.28. The van der Waals surface area contributed by atoms with Crippen molar-refractivity contribution < 1.29 is 20.1 Å². The zero-order chi connectivity index (χ0) is 12.5. The van der Waals surface area contributed by atoms with Crippen molar-refractivity contribution in [3.05, 3.63) is 23.8 Å².